The molecule has 1 unspecified atom stereocenters. The first kappa shape index (κ1) is 20.3. The van der Waals surface area contributed by atoms with Gasteiger partial charge in [-0.15, -0.1) is 0 Å². The van der Waals surface area contributed by atoms with Crippen molar-refractivity contribution in [3.63, 3.8) is 0 Å². The van der Waals surface area contributed by atoms with E-state index >= 15 is 0 Å². The Kier molecular flexibility index (Phi) is 7.39. The highest BCUT2D eigenvalue weighted by Gasteiger charge is 2.18. The Morgan fingerprint density at radius 1 is 1.18 bits per heavy atom. The van der Waals surface area contributed by atoms with Crippen molar-refractivity contribution in [2.45, 2.75) is 32.5 Å². The number of hydrogen-bond donors (Lipinski definition) is 1. The zero-order chi connectivity index (χ0) is 19.8. The minimum absolute atomic E-state index is 0.176. The number of carbonyl (C=O) groups excluding carboxylic acids is 1. The van der Waals surface area contributed by atoms with Crippen molar-refractivity contribution in [3.05, 3.63) is 65.5 Å². The van der Waals surface area contributed by atoms with Gasteiger partial charge in [-0.05, 0) is 41.8 Å². The van der Waals surface area contributed by atoms with Crippen molar-refractivity contribution in [2.24, 2.45) is 0 Å². The molecule has 0 radical (unpaired) electrons. The lowest BCUT2D eigenvalue weighted by molar-refractivity contribution is -0.128. The van der Waals surface area contributed by atoms with Crippen LogP contribution in [0.15, 0.2) is 48.5 Å². The fraction of sp³-hybridized carbons (Fsp3) is 0.409. The molecule has 1 heterocycles. The maximum Gasteiger partial charge on any atom is 0.261 e. The molecule has 1 aliphatic rings. The molecule has 1 atom stereocenters. The molecule has 3 rings (SSSR count). The maximum atomic E-state index is 13.0. The lowest BCUT2D eigenvalue weighted by Crippen LogP contribution is -2.37. The van der Waals surface area contributed by atoms with Gasteiger partial charge in [0.1, 0.15) is 11.6 Å². The first-order valence-electron chi connectivity index (χ1n) is 9.72. The Morgan fingerprint density at radius 2 is 1.89 bits per heavy atom. The van der Waals surface area contributed by atoms with Gasteiger partial charge >= 0.3 is 0 Å². The van der Waals surface area contributed by atoms with Crippen molar-refractivity contribution >= 4 is 5.91 Å². The van der Waals surface area contributed by atoms with Gasteiger partial charge in [0.25, 0.3) is 5.91 Å². The summed E-state index contributed by atoms with van der Waals surface area (Å²) in [5.41, 5.74) is 2.28. The van der Waals surface area contributed by atoms with Gasteiger partial charge < -0.3 is 14.8 Å². The van der Waals surface area contributed by atoms with Crippen molar-refractivity contribution in [3.8, 4) is 5.75 Å². The molecular formula is C22H27FN2O3. The quantitative estimate of drug-likeness (QED) is 0.757. The maximum absolute atomic E-state index is 13.0. The molecule has 1 amide bonds. The zero-order valence-electron chi connectivity index (χ0n) is 16.2. The van der Waals surface area contributed by atoms with E-state index < -0.39 is 6.10 Å². The SMILES string of the molecule is CCC(Oc1ccc(F)cc1)C(=O)NCc1cccc(CN2CCOCC2)c1. The van der Waals surface area contributed by atoms with Gasteiger partial charge in [0, 0.05) is 26.2 Å². The lowest BCUT2D eigenvalue weighted by Gasteiger charge is -2.26. The Morgan fingerprint density at radius 3 is 2.61 bits per heavy atom. The van der Waals surface area contributed by atoms with Gasteiger partial charge in [-0.3, -0.25) is 9.69 Å². The minimum Gasteiger partial charge on any atom is -0.481 e. The number of nitrogens with one attached hydrogen (secondary N) is 1. The average Bonchev–Trinajstić information content (AvgIpc) is 2.72. The standard InChI is InChI=1S/C22H27FN2O3/c1-2-21(28-20-8-6-19(23)7-9-20)22(26)24-15-17-4-3-5-18(14-17)16-25-10-12-27-13-11-25/h3-9,14,21H,2,10-13,15-16H2,1H3,(H,24,26). The van der Waals surface area contributed by atoms with Crippen LogP contribution in [-0.4, -0.2) is 43.2 Å². The minimum atomic E-state index is -0.609. The summed E-state index contributed by atoms with van der Waals surface area (Å²) in [6.07, 6.45) is -0.0812. The van der Waals surface area contributed by atoms with E-state index in [2.05, 4.69) is 22.3 Å². The summed E-state index contributed by atoms with van der Waals surface area (Å²) < 4.78 is 24.1. The predicted molar refractivity (Wildman–Crippen MR) is 105 cm³/mol. The normalized spacial score (nSPS) is 15.8. The highest BCUT2D eigenvalue weighted by atomic mass is 19.1. The fourth-order valence-corrected chi connectivity index (χ4v) is 3.16. The summed E-state index contributed by atoms with van der Waals surface area (Å²) in [6, 6.07) is 13.9. The Balaban J connectivity index is 1.52. The molecule has 1 saturated heterocycles. The van der Waals surface area contributed by atoms with Crippen molar-refractivity contribution in [1.29, 1.82) is 0 Å². The number of halogens is 1. The molecule has 0 saturated carbocycles. The molecule has 6 heteroatoms. The third-order valence-corrected chi connectivity index (χ3v) is 4.72. The number of morpholine rings is 1. The lowest BCUT2D eigenvalue weighted by atomic mass is 10.1. The smallest absolute Gasteiger partial charge is 0.261 e. The van der Waals surface area contributed by atoms with Crippen LogP contribution >= 0.6 is 0 Å². The van der Waals surface area contributed by atoms with Crippen molar-refractivity contribution < 1.29 is 18.7 Å². The molecule has 150 valence electrons. The van der Waals surface area contributed by atoms with Crippen LogP contribution in [0.4, 0.5) is 4.39 Å². The fourth-order valence-electron chi connectivity index (χ4n) is 3.16. The summed E-state index contributed by atoms with van der Waals surface area (Å²) in [6.45, 7) is 6.66. The zero-order valence-corrected chi connectivity index (χ0v) is 16.2. The molecule has 1 aliphatic heterocycles. The molecule has 0 aliphatic carbocycles. The first-order valence-corrected chi connectivity index (χ1v) is 9.72. The second-order valence-electron chi connectivity index (χ2n) is 6.89. The third kappa shape index (κ3) is 6.04. The molecule has 28 heavy (non-hydrogen) atoms. The van der Waals surface area contributed by atoms with Gasteiger partial charge in [0.2, 0.25) is 0 Å². The monoisotopic (exact) mass is 386 g/mol. The highest BCUT2D eigenvalue weighted by molar-refractivity contribution is 5.81. The van der Waals surface area contributed by atoms with Gasteiger partial charge in [0.15, 0.2) is 6.10 Å². The second-order valence-corrected chi connectivity index (χ2v) is 6.89. The Labute approximate surface area is 165 Å². The van der Waals surface area contributed by atoms with E-state index in [1.165, 1.54) is 29.8 Å². The molecule has 2 aromatic carbocycles. The summed E-state index contributed by atoms with van der Waals surface area (Å²) >= 11 is 0. The number of hydrogen-bond acceptors (Lipinski definition) is 4. The topological polar surface area (TPSA) is 50.8 Å². The largest absolute Gasteiger partial charge is 0.481 e. The van der Waals surface area contributed by atoms with E-state index in [1.54, 1.807) is 0 Å². The molecule has 5 nitrogen and oxygen atoms in total. The molecule has 1 fully saturated rings. The third-order valence-electron chi connectivity index (χ3n) is 4.72. The van der Waals surface area contributed by atoms with E-state index in [0.717, 1.165) is 38.4 Å². The van der Waals surface area contributed by atoms with Crippen LogP contribution in [0.25, 0.3) is 0 Å². The van der Waals surface area contributed by atoms with E-state index in [-0.39, 0.29) is 11.7 Å². The first-order chi connectivity index (χ1) is 13.6. The number of benzene rings is 2. The van der Waals surface area contributed by atoms with E-state index in [9.17, 15) is 9.18 Å². The van der Waals surface area contributed by atoms with Crippen LogP contribution in [0.3, 0.4) is 0 Å². The van der Waals surface area contributed by atoms with Crippen LogP contribution < -0.4 is 10.1 Å². The van der Waals surface area contributed by atoms with Crippen LogP contribution in [0.5, 0.6) is 5.75 Å². The molecule has 0 aromatic heterocycles. The molecule has 0 spiro atoms. The summed E-state index contributed by atoms with van der Waals surface area (Å²) in [5.74, 6) is -0.0249. The highest BCUT2D eigenvalue weighted by Crippen LogP contribution is 2.15. The molecule has 2 aromatic rings. The summed E-state index contributed by atoms with van der Waals surface area (Å²) in [4.78, 5) is 14.9. The predicted octanol–water partition coefficient (Wildman–Crippen LogP) is 3.13. The van der Waals surface area contributed by atoms with Gasteiger partial charge in [-0.25, -0.2) is 4.39 Å². The Bertz CT molecular complexity index is 761. The number of amides is 1. The van der Waals surface area contributed by atoms with Gasteiger partial charge in [-0.2, -0.15) is 0 Å². The number of carbonyl (C=O) groups is 1. The van der Waals surface area contributed by atoms with Gasteiger partial charge in [0.05, 0.1) is 13.2 Å². The molecule has 1 N–H and O–H groups in total. The summed E-state index contributed by atoms with van der Waals surface area (Å²) in [5, 5.41) is 2.94. The van der Waals surface area contributed by atoms with Crippen molar-refractivity contribution in [2.75, 3.05) is 26.3 Å². The second kappa shape index (κ2) is 10.2. The number of ether oxygens (including phenoxy) is 2. The summed E-state index contributed by atoms with van der Waals surface area (Å²) in [7, 11) is 0. The molecule has 0 bridgehead atoms. The number of rotatable bonds is 8. The van der Waals surface area contributed by atoms with Crippen LogP contribution in [0.1, 0.15) is 24.5 Å². The van der Waals surface area contributed by atoms with E-state index in [1.807, 2.05) is 19.1 Å². The average molecular weight is 386 g/mol. The molecular weight excluding hydrogens is 359 g/mol. The van der Waals surface area contributed by atoms with Crippen LogP contribution in [0, 0.1) is 5.82 Å². The number of nitrogens with zero attached hydrogens (tertiary/aromatic N) is 1. The van der Waals surface area contributed by atoms with E-state index in [0.29, 0.717) is 18.7 Å². The van der Waals surface area contributed by atoms with Gasteiger partial charge in [-0.1, -0.05) is 31.2 Å². The van der Waals surface area contributed by atoms with Crippen molar-refractivity contribution in [1.82, 2.24) is 10.2 Å². The van der Waals surface area contributed by atoms with Crippen LogP contribution in [0.2, 0.25) is 0 Å². The van der Waals surface area contributed by atoms with E-state index in [4.69, 9.17) is 9.47 Å². The van der Waals surface area contributed by atoms with Crippen LogP contribution in [-0.2, 0) is 22.6 Å². The Hall–Kier alpha value is -2.44.